The number of hydrogen-bond acceptors (Lipinski definition) is 3. The summed E-state index contributed by atoms with van der Waals surface area (Å²) in [7, 11) is 1.78. The summed E-state index contributed by atoms with van der Waals surface area (Å²) in [6.07, 6.45) is 4.84. The third kappa shape index (κ3) is 5.50. The van der Waals surface area contributed by atoms with Gasteiger partial charge in [-0.15, -0.1) is 0 Å². The van der Waals surface area contributed by atoms with Gasteiger partial charge in [0.05, 0.1) is 6.61 Å². The molecule has 0 aromatic carbocycles. The first-order valence-electron chi connectivity index (χ1n) is 6.16. The van der Waals surface area contributed by atoms with Crippen LogP contribution in [0.15, 0.2) is 0 Å². The molecule has 0 radical (unpaired) electrons. The smallest absolute Gasteiger partial charge is 0.0615 e. The second-order valence-corrected chi connectivity index (χ2v) is 4.40. The lowest BCUT2D eigenvalue weighted by Crippen LogP contribution is -2.38. The molecule has 1 unspecified atom stereocenters. The lowest BCUT2D eigenvalue weighted by molar-refractivity contribution is 0.0635. The van der Waals surface area contributed by atoms with Gasteiger partial charge in [-0.1, -0.05) is 13.3 Å². The molecule has 3 nitrogen and oxygen atoms in total. The molecule has 0 amide bonds. The highest BCUT2D eigenvalue weighted by atomic mass is 16.5. The Labute approximate surface area is 93.5 Å². The van der Waals surface area contributed by atoms with E-state index in [4.69, 9.17) is 9.47 Å². The van der Waals surface area contributed by atoms with E-state index in [9.17, 15) is 0 Å². The maximum atomic E-state index is 5.35. The van der Waals surface area contributed by atoms with Crippen LogP contribution < -0.4 is 5.32 Å². The van der Waals surface area contributed by atoms with Gasteiger partial charge in [0.2, 0.25) is 0 Å². The molecule has 1 rings (SSSR count). The van der Waals surface area contributed by atoms with Crippen molar-refractivity contribution in [2.75, 3.05) is 33.5 Å². The minimum atomic E-state index is 0.530. The highest BCUT2D eigenvalue weighted by Gasteiger charge is 2.15. The number of hydrogen-bond donors (Lipinski definition) is 1. The van der Waals surface area contributed by atoms with E-state index in [1.165, 1.54) is 25.7 Å². The van der Waals surface area contributed by atoms with Gasteiger partial charge in [0.15, 0.2) is 0 Å². The summed E-state index contributed by atoms with van der Waals surface area (Å²) in [6, 6.07) is 0.530. The van der Waals surface area contributed by atoms with E-state index in [0.29, 0.717) is 6.04 Å². The van der Waals surface area contributed by atoms with Crippen molar-refractivity contribution in [2.24, 2.45) is 5.92 Å². The molecule has 1 fully saturated rings. The molecule has 0 bridgehead atoms. The van der Waals surface area contributed by atoms with Crippen LogP contribution in [0.3, 0.4) is 0 Å². The fraction of sp³-hybridized carbons (Fsp3) is 1.00. The second kappa shape index (κ2) is 8.08. The summed E-state index contributed by atoms with van der Waals surface area (Å²) in [6.45, 7) is 6.05. The van der Waals surface area contributed by atoms with Gasteiger partial charge in [0.25, 0.3) is 0 Å². The van der Waals surface area contributed by atoms with E-state index in [2.05, 4.69) is 12.2 Å². The third-order valence-electron chi connectivity index (χ3n) is 3.04. The molecule has 0 spiro atoms. The van der Waals surface area contributed by atoms with Crippen LogP contribution in [0.1, 0.15) is 32.6 Å². The molecule has 0 aromatic rings. The summed E-state index contributed by atoms with van der Waals surface area (Å²) >= 11 is 0. The van der Waals surface area contributed by atoms with E-state index >= 15 is 0 Å². The first-order chi connectivity index (χ1) is 7.36. The Morgan fingerprint density at radius 1 is 1.40 bits per heavy atom. The zero-order valence-electron chi connectivity index (χ0n) is 10.1. The highest BCUT2D eigenvalue weighted by molar-refractivity contribution is 4.71. The van der Waals surface area contributed by atoms with Crippen LogP contribution in [0.5, 0.6) is 0 Å². The van der Waals surface area contributed by atoms with Gasteiger partial charge in [0, 0.05) is 26.4 Å². The molecular formula is C12H25NO2. The summed E-state index contributed by atoms with van der Waals surface area (Å²) in [5.74, 6) is 0.801. The molecular weight excluding hydrogens is 190 g/mol. The fourth-order valence-electron chi connectivity index (χ4n) is 2.08. The molecule has 3 heteroatoms. The van der Waals surface area contributed by atoms with Crippen molar-refractivity contribution in [2.45, 2.75) is 38.6 Å². The molecule has 0 aromatic heterocycles. The van der Waals surface area contributed by atoms with Gasteiger partial charge >= 0.3 is 0 Å². The highest BCUT2D eigenvalue weighted by Crippen LogP contribution is 2.13. The van der Waals surface area contributed by atoms with Crippen molar-refractivity contribution < 1.29 is 9.47 Å². The van der Waals surface area contributed by atoms with Gasteiger partial charge in [0.1, 0.15) is 0 Å². The van der Waals surface area contributed by atoms with Crippen LogP contribution >= 0.6 is 0 Å². The van der Waals surface area contributed by atoms with Crippen LogP contribution in [0.4, 0.5) is 0 Å². The minimum Gasteiger partial charge on any atom is -0.383 e. The van der Waals surface area contributed by atoms with Gasteiger partial charge in [-0.2, -0.15) is 0 Å². The van der Waals surface area contributed by atoms with E-state index in [0.717, 1.165) is 32.3 Å². The zero-order valence-corrected chi connectivity index (χ0v) is 10.1. The fourth-order valence-corrected chi connectivity index (χ4v) is 2.08. The number of methoxy groups -OCH3 is 1. The Morgan fingerprint density at radius 2 is 2.13 bits per heavy atom. The van der Waals surface area contributed by atoms with Crippen LogP contribution in [-0.2, 0) is 9.47 Å². The van der Waals surface area contributed by atoms with Crippen molar-refractivity contribution in [3.63, 3.8) is 0 Å². The number of nitrogens with one attached hydrogen (secondary N) is 1. The largest absolute Gasteiger partial charge is 0.383 e. The molecule has 1 aliphatic heterocycles. The van der Waals surface area contributed by atoms with Crippen LogP contribution in [0.25, 0.3) is 0 Å². The molecule has 1 N–H and O–H groups in total. The Bertz CT molecular complexity index is 141. The van der Waals surface area contributed by atoms with Gasteiger partial charge in [-0.05, 0) is 31.7 Å². The monoisotopic (exact) mass is 215 g/mol. The second-order valence-electron chi connectivity index (χ2n) is 4.40. The van der Waals surface area contributed by atoms with E-state index in [-0.39, 0.29) is 0 Å². The van der Waals surface area contributed by atoms with Crippen LogP contribution in [0.2, 0.25) is 0 Å². The Kier molecular flexibility index (Phi) is 6.98. The number of rotatable bonds is 7. The van der Waals surface area contributed by atoms with E-state index < -0.39 is 0 Å². The molecule has 0 saturated carbocycles. The first-order valence-corrected chi connectivity index (χ1v) is 6.16. The molecule has 1 aliphatic rings. The first kappa shape index (κ1) is 12.9. The van der Waals surface area contributed by atoms with Crippen molar-refractivity contribution in [1.82, 2.24) is 5.32 Å². The maximum Gasteiger partial charge on any atom is 0.0615 e. The zero-order chi connectivity index (χ0) is 10.9. The quantitative estimate of drug-likeness (QED) is 0.702. The number of ether oxygens (including phenoxy) is 2. The van der Waals surface area contributed by atoms with Gasteiger partial charge in [-0.3, -0.25) is 0 Å². The lowest BCUT2D eigenvalue weighted by atomic mass is 10.00. The summed E-state index contributed by atoms with van der Waals surface area (Å²) in [5.41, 5.74) is 0. The molecule has 1 atom stereocenters. The van der Waals surface area contributed by atoms with Crippen molar-refractivity contribution in [3.8, 4) is 0 Å². The molecule has 0 aliphatic carbocycles. The van der Waals surface area contributed by atoms with Crippen molar-refractivity contribution >= 4 is 0 Å². The summed E-state index contributed by atoms with van der Waals surface area (Å²) < 4.78 is 10.6. The maximum absolute atomic E-state index is 5.35. The van der Waals surface area contributed by atoms with E-state index in [1.807, 2.05) is 0 Å². The Hall–Kier alpha value is -0.120. The van der Waals surface area contributed by atoms with Gasteiger partial charge in [-0.25, -0.2) is 0 Å². The molecule has 90 valence electrons. The standard InChI is InChI=1S/C12H25NO2/c1-3-4-12(10-14-2)13-9-11-5-7-15-8-6-11/h11-13H,3-10H2,1-2H3. The molecule has 1 heterocycles. The lowest BCUT2D eigenvalue weighted by Gasteiger charge is -2.25. The molecule has 15 heavy (non-hydrogen) atoms. The topological polar surface area (TPSA) is 30.5 Å². The normalized spacial score (nSPS) is 20.4. The minimum absolute atomic E-state index is 0.530. The SMILES string of the molecule is CCCC(COC)NCC1CCOCC1. The Balaban J connectivity index is 2.13. The van der Waals surface area contributed by atoms with Crippen LogP contribution in [0, 0.1) is 5.92 Å². The third-order valence-corrected chi connectivity index (χ3v) is 3.04. The summed E-state index contributed by atoms with van der Waals surface area (Å²) in [5, 5.41) is 3.61. The van der Waals surface area contributed by atoms with E-state index in [1.54, 1.807) is 7.11 Å². The molecule has 1 saturated heterocycles. The average molecular weight is 215 g/mol. The van der Waals surface area contributed by atoms with Crippen LogP contribution in [-0.4, -0.2) is 39.5 Å². The van der Waals surface area contributed by atoms with Crippen molar-refractivity contribution in [1.29, 1.82) is 0 Å². The predicted molar refractivity (Wildman–Crippen MR) is 62.1 cm³/mol. The van der Waals surface area contributed by atoms with Crippen molar-refractivity contribution in [3.05, 3.63) is 0 Å². The van der Waals surface area contributed by atoms with Gasteiger partial charge < -0.3 is 14.8 Å². The predicted octanol–water partition coefficient (Wildman–Crippen LogP) is 1.82. The average Bonchev–Trinajstić information content (AvgIpc) is 2.28. The summed E-state index contributed by atoms with van der Waals surface area (Å²) in [4.78, 5) is 0. The Morgan fingerprint density at radius 3 is 2.73 bits per heavy atom.